The number of aliphatic hydroxyl groups is 2. The summed E-state index contributed by atoms with van der Waals surface area (Å²) >= 11 is 0. The third-order valence-corrected chi connectivity index (χ3v) is 16.0. The largest absolute Gasteiger partial charge is 0.497 e. The van der Waals surface area contributed by atoms with Gasteiger partial charge in [0, 0.05) is 29.4 Å². The summed E-state index contributed by atoms with van der Waals surface area (Å²) in [5, 5.41) is 24.4. The molecule has 3 N–H and O–H groups in total. The maximum atomic E-state index is 15.2. The Morgan fingerprint density at radius 2 is 1.68 bits per heavy atom. The molecule has 6 atom stereocenters. The van der Waals surface area contributed by atoms with Crippen molar-refractivity contribution in [3.05, 3.63) is 114 Å². The quantitative estimate of drug-likeness (QED) is 0.201. The molecule has 3 heterocycles. The number of hydrogen-bond donors (Lipinski definition) is 3. The van der Waals surface area contributed by atoms with Crippen LogP contribution in [0.15, 0.2) is 97.1 Å². The van der Waals surface area contributed by atoms with Gasteiger partial charge in [0.1, 0.15) is 11.9 Å². The van der Waals surface area contributed by atoms with E-state index in [-0.39, 0.29) is 36.4 Å². The number of carbonyl (C=O) groups excluding carboxylic acids is 3. The fourth-order valence-corrected chi connectivity index (χ4v) is 12.9. The molecule has 10 nitrogen and oxygen atoms in total. The van der Waals surface area contributed by atoms with Crippen LogP contribution in [0.4, 0.5) is 17.1 Å². The average Bonchev–Trinajstić information content (AvgIpc) is 3.60. The lowest BCUT2D eigenvalue weighted by Gasteiger charge is -2.39. The molecule has 3 amide bonds. The molecule has 1 fully saturated rings. The number of methoxy groups -OCH3 is 1. The van der Waals surface area contributed by atoms with E-state index in [9.17, 15) is 19.8 Å². The summed E-state index contributed by atoms with van der Waals surface area (Å²) in [6, 6.07) is 30.4. The molecule has 0 aliphatic carbocycles. The molecule has 3 aliphatic rings. The highest BCUT2D eigenvalue weighted by Crippen LogP contribution is 2.61. The molecule has 1 saturated heterocycles. The Hall–Kier alpha value is -4.81. The van der Waals surface area contributed by atoms with Crippen LogP contribution in [0.3, 0.4) is 0 Å². The van der Waals surface area contributed by atoms with Crippen molar-refractivity contribution in [3.63, 3.8) is 0 Å². The minimum Gasteiger partial charge on any atom is -0.497 e. The number of rotatable bonds is 9. The van der Waals surface area contributed by atoms with Gasteiger partial charge in [-0.15, -0.1) is 0 Å². The molecule has 0 bridgehead atoms. The number of anilines is 3. The van der Waals surface area contributed by atoms with Gasteiger partial charge in [0.2, 0.25) is 5.91 Å². The molecule has 1 spiro atoms. The van der Waals surface area contributed by atoms with Crippen LogP contribution in [-0.4, -0.2) is 72.9 Å². The van der Waals surface area contributed by atoms with Gasteiger partial charge in [0.05, 0.1) is 46.0 Å². The van der Waals surface area contributed by atoms with Crippen LogP contribution in [0.1, 0.15) is 37.0 Å². The molecule has 0 unspecified atom stereocenters. The van der Waals surface area contributed by atoms with Gasteiger partial charge < -0.3 is 29.9 Å². The smallest absolute Gasteiger partial charge is 0.268 e. The first kappa shape index (κ1) is 36.5. The molecular formula is C42H47N3O7Si. The number of para-hydroxylation sites is 1. The Labute approximate surface area is 311 Å². The molecule has 11 heteroatoms. The summed E-state index contributed by atoms with van der Waals surface area (Å²) < 4.78 is 12.7. The third kappa shape index (κ3) is 6.25. The average molecular weight is 734 g/mol. The Bertz CT molecular complexity index is 2020. The molecule has 3 aliphatic heterocycles. The number of amides is 3. The van der Waals surface area contributed by atoms with Crippen LogP contribution in [0.2, 0.25) is 18.6 Å². The van der Waals surface area contributed by atoms with Crippen LogP contribution in [0.5, 0.6) is 5.75 Å². The first-order chi connectivity index (χ1) is 25.4. The minimum absolute atomic E-state index is 0.0222. The van der Waals surface area contributed by atoms with Gasteiger partial charge in [0.25, 0.3) is 11.8 Å². The molecule has 0 saturated carbocycles. The van der Waals surface area contributed by atoms with E-state index in [0.29, 0.717) is 35.6 Å². The van der Waals surface area contributed by atoms with Gasteiger partial charge in [-0.2, -0.15) is 0 Å². The maximum absolute atomic E-state index is 15.2. The van der Waals surface area contributed by atoms with Gasteiger partial charge in [0.15, 0.2) is 5.60 Å². The molecule has 4 aromatic carbocycles. The fourth-order valence-electron chi connectivity index (χ4n) is 8.93. The number of benzene rings is 4. The molecule has 53 heavy (non-hydrogen) atoms. The van der Waals surface area contributed by atoms with Gasteiger partial charge in [-0.1, -0.05) is 79.8 Å². The number of ether oxygens (including phenoxy) is 2. The predicted molar refractivity (Wildman–Crippen MR) is 206 cm³/mol. The van der Waals surface area contributed by atoms with E-state index < -0.39 is 37.7 Å². The second-order valence-electron chi connectivity index (χ2n) is 15.1. The number of fused-ring (bicyclic) bond motifs is 3. The van der Waals surface area contributed by atoms with Crippen molar-refractivity contribution < 1.29 is 34.1 Å². The van der Waals surface area contributed by atoms with E-state index >= 15 is 4.79 Å². The lowest BCUT2D eigenvalue weighted by molar-refractivity contribution is -0.150. The number of nitrogens with one attached hydrogen (secondary N) is 1. The number of nitrogens with zero attached hydrogens (tertiary/aromatic N) is 2. The van der Waals surface area contributed by atoms with E-state index in [2.05, 4.69) is 37.5 Å². The van der Waals surface area contributed by atoms with Gasteiger partial charge in [-0.25, -0.2) is 0 Å². The zero-order chi connectivity index (χ0) is 37.7. The van der Waals surface area contributed by atoms with E-state index in [1.165, 1.54) is 6.92 Å². The second-order valence-corrected chi connectivity index (χ2v) is 19.8. The SMILES string of the molecule is COc1ccc([Si](C)(C)[C@@H]2[C@@H](CC(=O)N3Cc4ccccc4C[C@H]3CO)O[C@]3(C(=O)N(c4ccccc4)c4ccc(NC(=O)[C@H](C)O)cc43)[C@H]2C)cc1. The standard InChI is InChI=1S/C42H47N3O7Si/c1-26-39(53(4,5)34-18-16-33(51-3)17-19-34)37(23-38(48)44-24-29-12-10-9-11-28(29)21-32(44)25-46)52-42(26)35-22-30(43-40(49)27(2)47)15-20-36(35)45(41(42)50)31-13-7-6-8-14-31/h6-20,22,26-27,32,37,39,46-47H,21,23-25H2,1-5H3,(H,43,49)/t26-,27-,32-,37+,39-,42+/m0/s1. The second kappa shape index (κ2) is 14.2. The van der Waals surface area contributed by atoms with Gasteiger partial charge in [-0.3, -0.25) is 19.3 Å². The Morgan fingerprint density at radius 3 is 2.34 bits per heavy atom. The van der Waals surface area contributed by atoms with Crippen molar-refractivity contribution in [1.82, 2.24) is 4.90 Å². The van der Waals surface area contributed by atoms with Crippen molar-refractivity contribution in [2.45, 2.75) is 75.7 Å². The summed E-state index contributed by atoms with van der Waals surface area (Å²) in [6.45, 7) is 8.19. The van der Waals surface area contributed by atoms with Gasteiger partial charge >= 0.3 is 0 Å². The van der Waals surface area contributed by atoms with Crippen LogP contribution in [0.25, 0.3) is 0 Å². The van der Waals surface area contributed by atoms with Crippen LogP contribution >= 0.6 is 0 Å². The number of carbonyl (C=O) groups is 3. The lowest BCUT2D eigenvalue weighted by atomic mass is 9.82. The van der Waals surface area contributed by atoms with E-state index in [1.807, 2.05) is 66.7 Å². The summed E-state index contributed by atoms with van der Waals surface area (Å²) in [7, 11) is -0.949. The monoisotopic (exact) mass is 733 g/mol. The molecule has 0 aromatic heterocycles. The Kier molecular flexibility index (Phi) is 9.79. The highest BCUT2D eigenvalue weighted by Gasteiger charge is 2.67. The zero-order valence-electron chi connectivity index (χ0n) is 30.8. The summed E-state index contributed by atoms with van der Waals surface area (Å²) in [5.41, 5.74) is 2.80. The lowest BCUT2D eigenvalue weighted by Crippen LogP contribution is -2.52. The van der Waals surface area contributed by atoms with Crippen LogP contribution in [-0.2, 0) is 37.7 Å². The van der Waals surface area contributed by atoms with Crippen molar-refractivity contribution in [2.24, 2.45) is 5.92 Å². The van der Waals surface area contributed by atoms with Crippen molar-refractivity contribution >= 4 is 48.0 Å². The Morgan fingerprint density at radius 1 is 1.00 bits per heavy atom. The van der Waals surface area contributed by atoms with E-state index in [4.69, 9.17) is 9.47 Å². The van der Waals surface area contributed by atoms with Crippen molar-refractivity contribution in [1.29, 1.82) is 0 Å². The van der Waals surface area contributed by atoms with Crippen LogP contribution in [0, 0.1) is 5.92 Å². The minimum atomic E-state index is -2.58. The zero-order valence-corrected chi connectivity index (χ0v) is 31.8. The van der Waals surface area contributed by atoms with Crippen molar-refractivity contribution in [3.8, 4) is 5.75 Å². The fraction of sp³-hybridized carbons (Fsp3) is 0.357. The normalized spacial score (nSPS) is 24.2. The molecular weight excluding hydrogens is 687 g/mol. The highest BCUT2D eigenvalue weighted by molar-refractivity contribution is 6.91. The highest BCUT2D eigenvalue weighted by atomic mass is 28.3. The molecule has 7 rings (SSSR count). The topological polar surface area (TPSA) is 129 Å². The summed E-state index contributed by atoms with van der Waals surface area (Å²) in [5.74, 6) is -0.629. The molecule has 4 aromatic rings. The summed E-state index contributed by atoms with van der Waals surface area (Å²) in [6.07, 6.45) is -1.31. The molecule has 0 radical (unpaired) electrons. The Balaban J connectivity index is 1.35. The first-order valence-corrected chi connectivity index (χ1v) is 21.3. The number of aliphatic hydroxyl groups excluding tert-OH is 2. The number of hydrogen-bond acceptors (Lipinski definition) is 7. The predicted octanol–water partition coefficient (Wildman–Crippen LogP) is 5.24. The van der Waals surface area contributed by atoms with Gasteiger partial charge in [-0.05, 0) is 72.5 Å². The van der Waals surface area contributed by atoms with E-state index in [0.717, 1.165) is 22.1 Å². The first-order valence-electron chi connectivity index (χ1n) is 18.2. The molecule has 276 valence electrons. The van der Waals surface area contributed by atoms with E-state index in [1.54, 1.807) is 35.1 Å². The third-order valence-electron chi connectivity index (χ3n) is 11.7. The van der Waals surface area contributed by atoms with Crippen LogP contribution < -0.4 is 20.1 Å². The maximum Gasteiger partial charge on any atom is 0.268 e. The summed E-state index contributed by atoms with van der Waals surface area (Å²) in [4.78, 5) is 45.9. The van der Waals surface area contributed by atoms with Crippen molar-refractivity contribution in [2.75, 3.05) is 23.9 Å².